The summed E-state index contributed by atoms with van der Waals surface area (Å²) in [5, 5.41) is 16.3. The lowest BCUT2D eigenvalue weighted by Gasteiger charge is -2.45. The Balaban J connectivity index is 1.27. The van der Waals surface area contributed by atoms with Crippen LogP contribution in [0.3, 0.4) is 0 Å². The molecule has 0 radical (unpaired) electrons. The van der Waals surface area contributed by atoms with Gasteiger partial charge in [0.2, 0.25) is 10.0 Å². The second-order valence-corrected chi connectivity index (χ2v) is 11.2. The maximum absolute atomic E-state index is 12.5. The van der Waals surface area contributed by atoms with Crippen LogP contribution in [0.4, 0.5) is 10.5 Å². The van der Waals surface area contributed by atoms with Crippen molar-refractivity contribution in [1.29, 1.82) is 0 Å². The highest BCUT2D eigenvalue weighted by Gasteiger charge is 2.56. The Kier molecular flexibility index (Phi) is 6.45. The Morgan fingerprint density at radius 3 is 2.49 bits per heavy atom. The smallest absolute Gasteiger partial charge is 0.412 e. The highest BCUT2D eigenvalue weighted by atomic mass is 32.2. The zero-order valence-corrected chi connectivity index (χ0v) is 21.9. The first-order chi connectivity index (χ1) is 18.5. The van der Waals surface area contributed by atoms with E-state index in [1.165, 1.54) is 6.08 Å². The number of carbonyl (C=O) groups excluding carboxylic acids is 1. The van der Waals surface area contributed by atoms with Gasteiger partial charge < -0.3 is 14.4 Å². The van der Waals surface area contributed by atoms with Crippen LogP contribution in [0.15, 0.2) is 68.4 Å². The summed E-state index contributed by atoms with van der Waals surface area (Å²) in [5.41, 5.74) is 1.31. The third-order valence-corrected chi connectivity index (χ3v) is 7.70. The number of aryl methyl sites for hydroxylation is 1. The Morgan fingerprint density at radius 2 is 1.85 bits per heavy atom. The molecule has 13 heteroatoms. The molecule has 1 aromatic heterocycles. The first-order valence-corrected chi connectivity index (χ1v) is 13.6. The minimum atomic E-state index is -3.50. The molecule has 200 valence electrons. The topological polar surface area (TPSA) is 164 Å². The molecule has 3 aliphatic heterocycles. The van der Waals surface area contributed by atoms with Crippen LogP contribution in [0.2, 0.25) is 0 Å². The molecule has 1 fully saturated rings. The summed E-state index contributed by atoms with van der Waals surface area (Å²) in [6.45, 7) is 2.99. The van der Waals surface area contributed by atoms with Crippen molar-refractivity contribution in [2.24, 2.45) is 15.4 Å². The van der Waals surface area contributed by atoms with Crippen LogP contribution in [-0.2, 0) is 19.6 Å². The summed E-state index contributed by atoms with van der Waals surface area (Å²) in [5.74, 6) is 4.85. The van der Waals surface area contributed by atoms with Gasteiger partial charge in [-0.25, -0.2) is 23.2 Å². The number of aromatic nitrogens is 1. The van der Waals surface area contributed by atoms with Crippen LogP contribution in [0.5, 0.6) is 0 Å². The minimum Gasteiger partial charge on any atom is -0.480 e. The number of hydrogen-bond donors (Lipinski definition) is 2. The van der Waals surface area contributed by atoms with Crippen molar-refractivity contribution in [3.05, 3.63) is 70.9 Å². The van der Waals surface area contributed by atoms with Gasteiger partial charge in [0.25, 0.3) is 0 Å². The number of carboxylic acid groups (broad SMARTS) is 1. The van der Waals surface area contributed by atoms with Gasteiger partial charge in [-0.2, -0.15) is 4.31 Å². The monoisotopic (exact) mass is 549 g/mol. The van der Waals surface area contributed by atoms with Gasteiger partial charge in [0.05, 0.1) is 23.4 Å². The third kappa shape index (κ3) is 4.99. The van der Waals surface area contributed by atoms with Gasteiger partial charge in [-0.15, -0.1) is 0 Å². The fraction of sp³-hybridized carbons (Fsp3) is 0.269. The summed E-state index contributed by atoms with van der Waals surface area (Å²) in [4.78, 5) is 33.2. The van der Waals surface area contributed by atoms with E-state index >= 15 is 0 Å². The predicted molar refractivity (Wildman–Crippen MR) is 141 cm³/mol. The van der Waals surface area contributed by atoms with Crippen molar-refractivity contribution in [2.45, 2.75) is 20.0 Å². The van der Waals surface area contributed by atoms with Gasteiger partial charge in [0.1, 0.15) is 22.9 Å². The summed E-state index contributed by atoms with van der Waals surface area (Å²) in [6.07, 6.45) is 2.98. The van der Waals surface area contributed by atoms with Gasteiger partial charge in [-0.05, 0) is 37.3 Å². The second kappa shape index (κ2) is 9.64. The van der Waals surface area contributed by atoms with E-state index in [0.717, 1.165) is 16.1 Å². The average molecular weight is 550 g/mol. The molecule has 1 unspecified atom stereocenters. The number of amides is 1. The Labute approximate surface area is 223 Å². The molecule has 3 aliphatic rings. The van der Waals surface area contributed by atoms with E-state index in [2.05, 4.69) is 32.3 Å². The number of aliphatic carboxylic acids is 1. The van der Waals surface area contributed by atoms with Crippen molar-refractivity contribution in [1.82, 2.24) is 9.46 Å². The minimum absolute atomic E-state index is 0.174. The van der Waals surface area contributed by atoms with E-state index < -0.39 is 33.6 Å². The SMILES string of the molecule is Cc1onc(C#CC2=CC3=NC(C4(C(=O)O)CN(S(C)(=O)=O)C4)=CC3=N2)c1NC(=O)OC(C)c1ccccc1. The molecule has 2 N–H and O–H groups in total. The molecule has 1 saturated heterocycles. The van der Waals surface area contributed by atoms with Crippen LogP contribution >= 0.6 is 0 Å². The Bertz CT molecular complexity index is 1670. The molecule has 0 spiro atoms. The summed E-state index contributed by atoms with van der Waals surface area (Å²) < 4.78 is 35.2. The van der Waals surface area contributed by atoms with Gasteiger partial charge in [-0.1, -0.05) is 35.5 Å². The summed E-state index contributed by atoms with van der Waals surface area (Å²) in [6, 6.07) is 9.29. The van der Waals surface area contributed by atoms with Crippen molar-refractivity contribution < 1.29 is 32.4 Å². The number of benzene rings is 1. The highest BCUT2D eigenvalue weighted by Crippen LogP contribution is 2.42. The number of ether oxygens (including phenoxy) is 1. The maximum atomic E-state index is 12.5. The number of nitrogens with one attached hydrogen (secondary N) is 1. The van der Waals surface area contributed by atoms with Crippen molar-refractivity contribution in [3.63, 3.8) is 0 Å². The molecule has 0 saturated carbocycles. The number of rotatable bonds is 6. The van der Waals surface area contributed by atoms with Crippen LogP contribution in [-0.4, -0.2) is 65.8 Å². The van der Waals surface area contributed by atoms with Gasteiger partial charge in [-0.3, -0.25) is 10.1 Å². The molecule has 2 aromatic rings. The Morgan fingerprint density at radius 1 is 1.15 bits per heavy atom. The number of sulfonamides is 1. The zero-order chi connectivity index (χ0) is 27.9. The molecule has 5 rings (SSSR count). The molecule has 1 atom stereocenters. The van der Waals surface area contributed by atoms with Crippen molar-refractivity contribution >= 4 is 39.2 Å². The first kappa shape index (κ1) is 26.1. The van der Waals surface area contributed by atoms with Gasteiger partial charge in [0, 0.05) is 19.2 Å². The second-order valence-electron chi connectivity index (χ2n) is 9.27. The molecule has 4 heterocycles. The number of anilines is 1. The lowest BCUT2D eigenvalue weighted by molar-refractivity contribution is -0.152. The number of carbonyl (C=O) groups is 2. The fourth-order valence-electron chi connectivity index (χ4n) is 4.23. The molecule has 12 nitrogen and oxygen atoms in total. The largest absolute Gasteiger partial charge is 0.480 e. The van der Waals surface area contributed by atoms with Crippen molar-refractivity contribution in [2.75, 3.05) is 24.7 Å². The molecular formula is C26H23N5O7S. The molecule has 1 amide bonds. The van der Waals surface area contributed by atoms with Crippen LogP contribution < -0.4 is 5.32 Å². The van der Waals surface area contributed by atoms with Crippen molar-refractivity contribution in [3.8, 4) is 11.8 Å². The molecule has 39 heavy (non-hydrogen) atoms. The number of hydrogen-bond acceptors (Lipinski definition) is 9. The van der Waals surface area contributed by atoms with Crippen LogP contribution in [0.1, 0.15) is 30.0 Å². The van der Waals surface area contributed by atoms with E-state index in [1.54, 1.807) is 19.9 Å². The van der Waals surface area contributed by atoms with E-state index in [1.807, 2.05) is 30.3 Å². The predicted octanol–water partition coefficient (Wildman–Crippen LogP) is 2.67. The molecule has 0 bridgehead atoms. The molecule has 1 aromatic carbocycles. The number of nitrogens with zero attached hydrogens (tertiary/aromatic N) is 4. The Hall–Kier alpha value is -4.54. The number of aliphatic imine (C=N–C) groups is 2. The third-order valence-electron chi connectivity index (χ3n) is 6.50. The number of allylic oxidation sites excluding steroid dienone is 3. The van der Waals surface area contributed by atoms with Crippen LogP contribution in [0.25, 0.3) is 0 Å². The quantitative estimate of drug-likeness (QED) is 0.519. The van der Waals surface area contributed by atoms with E-state index in [9.17, 15) is 23.1 Å². The lowest BCUT2D eigenvalue weighted by atomic mass is 9.78. The average Bonchev–Trinajstić information content (AvgIpc) is 3.50. The highest BCUT2D eigenvalue weighted by molar-refractivity contribution is 7.88. The first-order valence-electron chi connectivity index (χ1n) is 11.8. The number of carboxylic acids is 1. The van der Waals surface area contributed by atoms with E-state index in [0.29, 0.717) is 22.9 Å². The molecule has 0 aliphatic carbocycles. The zero-order valence-electron chi connectivity index (χ0n) is 21.1. The molecular weight excluding hydrogens is 526 g/mol. The van der Waals surface area contributed by atoms with E-state index in [4.69, 9.17) is 9.26 Å². The van der Waals surface area contributed by atoms with Crippen LogP contribution in [0, 0.1) is 24.2 Å². The van der Waals surface area contributed by atoms with Gasteiger partial charge >= 0.3 is 12.1 Å². The number of fused-ring (bicyclic) bond motifs is 1. The fourth-order valence-corrected chi connectivity index (χ4v) is 5.14. The summed E-state index contributed by atoms with van der Waals surface area (Å²) in [7, 11) is -3.50. The lowest BCUT2D eigenvalue weighted by Crippen LogP contribution is -2.62. The van der Waals surface area contributed by atoms with Gasteiger partial charge in [0.15, 0.2) is 11.5 Å². The normalized spacial score (nSPS) is 18.3. The maximum Gasteiger partial charge on any atom is 0.412 e. The standard InChI is InChI=1S/C26H23N5O7S/c1-15(17-7-5-4-6-8-17)37-25(34)29-23-16(2)38-30-19(23)10-9-18-11-20-21(27-18)12-22(28-20)26(24(32)33)13-31(14-26)39(3,35)36/h4-8,11-12,15H,13-14H2,1-3H3,(H,29,34)(H,32,33). The van der Waals surface area contributed by atoms with E-state index in [-0.39, 0.29) is 30.2 Å². The summed E-state index contributed by atoms with van der Waals surface area (Å²) >= 11 is 0.